The Bertz CT molecular complexity index is 2030. The molecule has 0 fully saturated rings. The second kappa shape index (κ2) is 16.9. The molecule has 0 saturated carbocycles. The topological polar surface area (TPSA) is 78.9 Å². The molecule has 0 N–H and O–H groups in total. The van der Waals surface area contributed by atoms with Gasteiger partial charge in [-0.05, 0) is 74.3 Å². The predicted molar refractivity (Wildman–Crippen MR) is 212 cm³/mol. The predicted octanol–water partition coefficient (Wildman–Crippen LogP) is 7.63. The van der Waals surface area contributed by atoms with E-state index in [1.807, 2.05) is 44.4 Å². The summed E-state index contributed by atoms with van der Waals surface area (Å²) < 4.78 is 38.8. The lowest BCUT2D eigenvalue weighted by molar-refractivity contribution is 0.0744. The van der Waals surface area contributed by atoms with Crippen molar-refractivity contribution < 1.29 is 33.2 Å². The molecule has 10 rings (SSSR count). The number of fused-ring (bicyclic) bond motifs is 12. The smallest absolute Gasteiger partial charge is 0.324 e. The van der Waals surface area contributed by atoms with Gasteiger partial charge in [-0.15, -0.1) is 0 Å². The van der Waals surface area contributed by atoms with Crippen molar-refractivity contribution in [1.29, 1.82) is 0 Å². The fraction of sp³-hybridized carbons (Fsp3) is 0.326. The average molecular weight is 741 g/mol. The molecule has 12 bridgehead atoms. The van der Waals surface area contributed by atoms with Crippen molar-refractivity contribution in [3.05, 3.63) is 147 Å². The zero-order chi connectivity index (χ0) is 37.6. The maximum Gasteiger partial charge on any atom is 0.324 e. The van der Waals surface area contributed by atoms with Gasteiger partial charge in [-0.3, -0.25) is 4.90 Å². The summed E-state index contributed by atoms with van der Waals surface area (Å²) in [5.74, 6) is 3.37. The van der Waals surface area contributed by atoms with Gasteiger partial charge in [0.1, 0.15) is 49.4 Å². The fourth-order valence-electron chi connectivity index (χ4n) is 7.87. The fourth-order valence-corrected chi connectivity index (χ4v) is 7.87. The molecule has 0 unspecified atom stereocenters. The van der Waals surface area contributed by atoms with Gasteiger partial charge in [0.25, 0.3) is 0 Å². The molecule has 5 aromatic rings. The molecule has 284 valence electrons. The molecule has 0 saturated heterocycles. The van der Waals surface area contributed by atoms with Gasteiger partial charge in [0.2, 0.25) is 0 Å². The van der Waals surface area contributed by atoms with Crippen LogP contribution in [0.2, 0.25) is 0 Å². The molecular weight excluding hydrogens is 693 g/mol. The lowest BCUT2D eigenvalue weighted by Gasteiger charge is -2.27. The number of ether oxygens (including phenoxy) is 6. The highest BCUT2D eigenvalue weighted by atomic mass is 16.6. The molecule has 9 nitrogen and oxygen atoms in total. The summed E-state index contributed by atoms with van der Waals surface area (Å²) in [6.45, 7) is 3.67. The molecule has 5 aromatic carbocycles. The molecule has 4 aliphatic heterocycles. The molecule has 4 heterocycles. The maximum atomic E-state index is 13.8. The quantitative estimate of drug-likeness (QED) is 0.173. The average Bonchev–Trinajstić information content (AvgIpc) is 3.19. The first kappa shape index (κ1) is 36.5. The number of amides is 2. The molecule has 55 heavy (non-hydrogen) atoms. The molecule has 5 aliphatic rings. The van der Waals surface area contributed by atoms with Crippen LogP contribution in [0.15, 0.2) is 97.1 Å². The van der Waals surface area contributed by atoms with Crippen molar-refractivity contribution >= 4 is 11.7 Å². The van der Waals surface area contributed by atoms with Crippen LogP contribution in [0.25, 0.3) is 0 Å². The van der Waals surface area contributed by atoms with Crippen LogP contribution in [0.3, 0.4) is 0 Å². The van der Waals surface area contributed by atoms with Crippen molar-refractivity contribution in [3.8, 4) is 23.0 Å². The minimum Gasteiger partial charge on any atom is -0.491 e. The third-order valence-electron chi connectivity index (χ3n) is 10.4. The molecular formula is C46H48N2O7. The number of carbonyl (C=O) groups excluding carboxylic acids is 1. The summed E-state index contributed by atoms with van der Waals surface area (Å²) in [5.41, 5.74) is 10.3. The largest absolute Gasteiger partial charge is 0.491 e. The van der Waals surface area contributed by atoms with Crippen LogP contribution >= 0.6 is 0 Å². The first-order valence-corrected chi connectivity index (χ1v) is 19.2. The van der Waals surface area contributed by atoms with E-state index in [-0.39, 0.29) is 6.03 Å². The van der Waals surface area contributed by atoms with Crippen molar-refractivity contribution in [3.63, 3.8) is 0 Å². The van der Waals surface area contributed by atoms with E-state index in [2.05, 4.69) is 66.7 Å². The second-order valence-electron chi connectivity index (χ2n) is 14.3. The first-order valence-electron chi connectivity index (χ1n) is 19.2. The Balaban J connectivity index is 1.32. The van der Waals surface area contributed by atoms with Gasteiger partial charge in [0.15, 0.2) is 0 Å². The molecule has 0 aromatic heterocycles. The van der Waals surface area contributed by atoms with Gasteiger partial charge in [-0.25, -0.2) is 4.79 Å². The van der Waals surface area contributed by atoms with Crippen LogP contribution < -0.4 is 23.8 Å². The van der Waals surface area contributed by atoms with E-state index < -0.39 is 0 Å². The van der Waals surface area contributed by atoms with E-state index in [0.29, 0.717) is 85.1 Å². The number of benzene rings is 5. The summed E-state index contributed by atoms with van der Waals surface area (Å²) in [5, 5.41) is 0. The van der Waals surface area contributed by atoms with Crippen LogP contribution in [0.5, 0.6) is 23.0 Å². The zero-order valence-corrected chi connectivity index (χ0v) is 31.7. The molecule has 9 heteroatoms. The van der Waals surface area contributed by atoms with Gasteiger partial charge in [-0.1, -0.05) is 72.8 Å². The number of hydrogen-bond donors (Lipinski definition) is 0. The van der Waals surface area contributed by atoms with Gasteiger partial charge in [-0.2, -0.15) is 0 Å². The number of carbonyl (C=O) groups is 1. The Hall–Kier alpha value is -5.51. The monoisotopic (exact) mass is 740 g/mol. The maximum absolute atomic E-state index is 13.8. The van der Waals surface area contributed by atoms with E-state index in [0.717, 1.165) is 78.8 Å². The molecule has 2 amide bonds. The number of nitrogens with zero attached hydrogens (tertiary/aromatic N) is 2. The summed E-state index contributed by atoms with van der Waals surface area (Å²) >= 11 is 0. The van der Waals surface area contributed by atoms with Crippen LogP contribution in [0, 0.1) is 0 Å². The summed E-state index contributed by atoms with van der Waals surface area (Å²) in [6, 6.07) is 33.2. The van der Waals surface area contributed by atoms with Gasteiger partial charge in [0, 0.05) is 52.0 Å². The van der Waals surface area contributed by atoms with Crippen molar-refractivity contribution in [2.24, 2.45) is 0 Å². The number of urea groups is 1. The van der Waals surface area contributed by atoms with Crippen LogP contribution in [-0.4, -0.2) is 77.9 Å². The molecule has 0 spiro atoms. The Morgan fingerprint density at radius 3 is 1.24 bits per heavy atom. The number of hydrogen-bond acceptors (Lipinski definition) is 7. The van der Waals surface area contributed by atoms with Crippen LogP contribution in [-0.2, 0) is 41.7 Å². The highest BCUT2D eigenvalue weighted by molar-refractivity contribution is 5.91. The number of anilines is 1. The highest BCUT2D eigenvalue weighted by Crippen LogP contribution is 2.40. The summed E-state index contributed by atoms with van der Waals surface area (Å²) in [4.78, 5) is 17.2. The Morgan fingerprint density at radius 2 is 0.836 bits per heavy atom. The standard InChI is InChI=1S/C46H48N2O7/c1-47(46(49)48(2)41-15-4-3-5-16-41)31-32-25-39-29-37-13-7-11-35-27-33-9-6-10-34-28-36-12-8-14-38(44(36)54-23-19-50-18-22-53-43(35)37)30-40(26-32)45(39)55-24-20-51-17-21-52-42(33)34/h3-16,25-26H,17-24,27-31H2,1-2H3. The van der Waals surface area contributed by atoms with Crippen molar-refractivity contribution in [2.45, 2.75) is 32.2 Å². The van der Waals surface area contributed by atoms with E-state index >= 15 is 0 Å². The lowest BCUT2D eigenvalue weighted by Crippen LogP contribution is -2.38. The normalized spacial score (nSPS) is 15.5. The summed E-state index contributed by atoms with van der Waals surface area (Å²) in [6.07, 6.45) is 2.34. The van der Waals surface area contributed by atoms with E-state index in [4.69, 9.17) is 28.4 Å². The van der Waals surface area contributed by atoms with Crippen LogP contribution in [0.4, 0.5) is 10.5 Å². The third kappa shape index (κ3) is 8.28. The lowest BCUT2D eigenvalue weighted by atomic mass is 9.90. The van der Waals surface area contributed by atoms with Gasteiger partial charge < -0.3 is 33.3 Å². The zero-order valence-electron chi connectivity index (χ0n) is 31.7. The first-order chi connectivity index (χ1) is 27.0. The molecule has 0 radical (unpaired) electrons. The second-order valence-corrected chi connectivity index (χ2v) is 14.3. The Morgan fingerprint density at radius 1 is 0.473 bits per heavy atom. The third-order valence-corrected chi connectivity index (χ3v) is 10.4. The number of rotatable bonds is 3. The van der Waals surface area contributed by atoms with Gasteiger partial charge >= 0.3 is 6.03 Å². The highest BCUT2D eigenvalue weighted by Gasteiger charge is 2.24. The molecule has 0 atom stereocenters. The van der Waals surface area contributed by atoms with Crippen molar-refractivity contribution in [1.82, 2.24) is 4.90 Å². The van der Waals surface area contributed by atoms with Crippen LogP contribution in [0.1, 0.15) is 50.1 Å². The number of para-hydroxylation sites is 4. The van der Waals surface area contributed by atoms with E-state index in [9.17, 15) is 4.79 Å². The Labute approximate surface area is 323 Å². The van der Waals surface area contributed by atoms with E-state index in [1.54, 1.807) is 9.80 Å². The van der Waals surface area contributed by atoms with Gasteiger partial charge in [0.05, 0.1) is 26.4 Å². The summed E-state index contributed by atoms with van der Waals surface area (Å²) in [7, 11) is 3.66. The molecule has 1 aliphatic carbocycles. The van der Waals surface area contributed by atoms with Crippen molar-refractivity contribution in [2.75, 3.05) is 71.9 Å². The minimum atomic E-state index is -0.0994. The SMILES string of the molecule is CN(Cc1cc2c3c(c1)Cc1cccc4c1OCCOCCOc1c(cccc1C2)Cc1cccc(c1OCCOCCO3)C4)C(=O)N(C)c1ccccc1. The van der Waals surface area contributed by atoms with E-state index in [1.165, 1.54) is 0 Å². The minimum absolute atomic E-state index is 0.0994. The Kier molecular flexibility index (Phi) is 11.2.